The first kappa shape index (κ1) is 23.2. The van der Waals surface area contributed by atoms with Crippen molar-refractivity contribution < 1.29 is 19.6 Å². The number of hydrogen-bond donors (Lipinski definition) is 5. The zero-order chi connectivity index (χ0) is 23.6. The lowest BCUT2D eigenvalue weighted by atomic mass is 10.0. The van der Waals surface area contributed by atoms with Crippen LogP contribution in [0.15, 0.2) is 84.9 Å². The molecule has 0 spiro atoms. The second-order valence-corrected chi connectivity index (χ2v) is 7.26. The molecule has 0 aromatic heterocycles. The van der Waals surface area contributed by atoms with Crippen molar-refractivity contribution in [2.75, 3.05) is 11.1 Å². The van der Waals surface area contributed by atoms with E-state index in [0.29, 0.717) is 17.8 Å². The first-order chi connectivity index (χ1) is 15.9. The molecule has 3 aromatic rings. The number of amides is 3. The molecule has 0 bridgehead atoms. The Balaban J connectivity index is 1.71. The maximum absolute atomic E-state index is 13.0. The van der Waals surface area contributed by atoms with Crippen molar-refractivity contribution in [1.29, 1.82) is 0 Å². The van der Waals surface area contributed by atoms with Gasteiger partial charge in [-0.3, -0.25) is 19.6 Å². The van der Waals surface area contributed by atoms with Crippen LogP contribution in [0.4, 0.5) is 11.4 Å². The molecule has 0 aliphatic heterocycles. The van der Waals surface area contributed by atoms with Crippen molar-refractivity contribution in [1.82, 2.24) is 10.8 Å². The Bertz CT molecular complexity index is 1130. The number of carbonyl (C=O) groups is 3. The molecule has 8 nitrogen and oxygen atoms in total. The fraction of sp³-hybridized carbons (Fsp3) is 0.0800. The minimum absolute atomic E-state index is 0.234. The van der Waals surface area contributed by atoms with Crippen molar-refractivity contribution in [3.05, 3.63) is 102 Å². The van der Waals surface area contributed by atoms with E-state index in [1.165, 1.54) is 30.3 Å². The second kappa shape index (κ2) is 11.3. The van der Waals surface area contributed by atoms with Gasteiger partial charge in [0.15, 0.2) is 0 Å². The lowest BCUT2D eigenvalue weighted by molar-refractivity contribution is -0.123. The van der Waals surface area contributed by atoms with Crippen LogP contribution in [0.5, 0.6) is 0 Å². The van der Waals surface area contributed by atoms with Crippen LogP contribution in [0, 0.1) is 0 Å². The van der Waals surface area contributed by atoms with E-state index in [1.807, 2.05) is 30.3 Å². The number of benzene rings is 3. The van der Waals surface area contributed by atoms with E-state index in [4.69, 9.17) is 10.9 Å². The molecule has 33 heavy (non-hydrogen) atoms. The van der Waals surface area contributed by atoms with Crippen molar-refractivity contribution >= 4 is 35.2 Å². The summed E-state index contributed by atoms with van der Waals surface area (Å²) in [6, 6.07) is 21.5. The average molecular weight is 444 g/mol. The molecule has 3 aromatic carbocycles. The molecule has 0 aliphatic carbocycles. The van der Waals surface area contributed by atoms with Gasteiger partial charge in [0.05, 0.1) is 0 Å². The molecule has 168 valence electrons. The number of anilines is 2. The molecule has 3 rings (SSSR count). The highest BCUT2D eigenvalue weighted by Gasteiger charge is 2.21. The van der Waals surface area contributed by atoms with Gasteiger partial charge in [-0.1, -0.05) is 42.5 Å². The smallest absolute Gasteiger partial charge is 0.274 e. The van der Waals surface area contributed by atoms with Gasteiger partial charge in [0.2, 0.25) is 11.8 Å². The first-order valence-corrected chi connectivity index (χ1v) is 10.2. The van der Waals surface area contributed by atoms with Crippen LogP contribution in [-0.2, 0) is 16.0 Å². The molecule has 0 radical (unpaired) electrons. The van der Waals surface area contributed by atoms with E-state index in [0.717, 1.165) is 11.1 Å². The Morgan fingerprint density at radius 3 is 2.21 bits per heavy atom. The van der Waals surface area contributed by atoms with E-state index >= 15 is 0 Å². The van der Waals surface area contributed by atoms with Crippen LogP contribution < -0.4 is 21.8 Å². The molecular formula is C25H24N4O4. The molecule has 0 fully saturated rings. The van der Waals surface area contributed by atoms with Crippen LogP contribution in [0.2, 0.25) is 0 Å². The number of rotatable bonds is 8. The van der Waals surface area contributed by atoms with Gasteiger partial charge in [0.25, 0.3) is 5.91 Å². The maximum atomic E-state index is 13.0. The van der Waals surface area contributed by atoms with Gasteiger partial charge in [0.1, 0.15) is 6.04 Å². The SMILES string of the molecule is Nc1ccc(/C=C/C(=O)N[C@@H](Cc2ccccc2)C(=O)Nc2ccc(C(=O)NO)cc2)cc1. The fourth-order valence-electron chi connectivity index (χ4n) is 3.06. The lowest BCUT2D eigenvalue weighted by Crippen LogP contribution is -2.44. The predicted octanol–water partition coefficient (Wildman–Crippen LogP) is 2.77. The van der Waals surface area contributed by atoms with Gasteiger partial charge in [-0.15, -0.1) is 0 Å². The summed E-state index contributed by atoms with van der Waals surface area (Å²) in [5.74, 6) is -1.49. The van der Waals surface area contributed by atoms with Crippen LogP contribution in [0.3, 0.4) is 0 Å². The third kappa shape index (κ3) is 7.05. The zero-order valence-corrected chi connectivity index (χ0v) is 17.7. The van der Waals surface area contributed by atoms with E-state index < -0.39 is 23.8 Å². The largest absolute Gasteiger partial charge is 0.399 e. The number of hydrogen-bond acceptors (Lipinski definition) is 5. The number of hydroxylamine groups is 1. The molecule has 1 atom stereocenters. The molecule has 0 heterocycles. The van der Waals surface area contributed by atoms with Gasteiger partial charge in [-0.2, -0.15) is 0 Å². The van der Waals surface area contributed by atoms with E-state index in [-0.39, 0.29) is 5.56 Å². The molecular weight excluding hydrogens is 420 g/mol. The Morgan fingerprint density at radius 2 is 1.58 bits per heavy atom. The Labute approximate surface area is 191 Å². The van der Waals surface area contributed by atoms with Crippen LogP contribution in [0.1, 0.15) is 21.5 Å². The number of nitrogens with two attached hydrogens (primary N) is 1. The summed E-state index contributed by atoms with van der Waals surface area (Å²) in [4.78, 5) is 36.9. The second-order valence-electron chi connectivity index (χ2n) is 7.26. The Hall–Kier alpha value is -4.43. The molecule has 0 aliphatic rings. The summed E-state index contributed by atoms with van der Waals surface area (Å²) in [5, 5.41) is 14.2. The molecule has 0 saturated heterocycles. The summed E-state index contributed by atoms with van der Waals surface area (Å²) in [6.07, 6.45) is 3.29. The van der Waals surface area contributed by atoms with Gasteiger partial charge in [0, 0.05) is 29.4 Å². The number of nitrogen functional groups attached to an aromatic ring is 1. The topological polar surface area (TPSA) is 134 Å². The van der Waals surface area contributed by atoms with Gasteiger partial charge < -0.3 is 16.4 Å². The van der Waals surface area contributed by atoms with Crippen molar-refractivity contribution in [2.45, 2.75) is 12.5 Å². The van der Waals surface area contributed by atoms with Crippen molar-refractivity contribution in [3.8, 4) is 0 Å². The number of nitrogens with one attached hydrogen (secondary N) is 3. The normalized spacial score (nSPS) is 11.5. The van der Waals surface area contributed by atoms with E-state index in [9.17, 15) is 14.4 Å². The quantitative estimate of drug-likeness (QED) is 0.158. The minimum atomic E-state index is -0.837. The van der Waals surface area contributed by atoms with Gasteiger partial charge in [-0.05, 0) is 53.6 Å². The molecule has 6 N–H and O–H groups in total. The minimum Gasteiger partial charge on any atom is -0.399 e. The Kier molecular flexibility index (Phi) is 7.93. The maximum Gasteiger partial charge on any atom is 0.274 e. The summed E-state index contributed by atoms with van der Waals surface area (Å²) in [6.45, 7) is 0. The van der Waals surface area contributed by atoms with Gasteiger partial charge >= 0.3 is 0 Å². The molecule has 0 saturated carbocycles. The summed E-state index contributed by atoms with van der Waals surface area (Å²) < 4.78 is 0. The zero-order valence-electron chi connectivity index (χ0n) is 17.7. The average Bonchev–Trinajstić information content (AvgIpc) is 2.84. The Morgan fingerprint density at radius 1 is 0.909 bits per heavy atom. The third-order valence-corrected chi connectivity index (χ3v) is 4.80. The molecule has 0 unspecified atom stereocenters. The third-order valence-electron chi connectivity index (χ3n) is 4.80. The van der Waals surface area contributed by atoms with E-state index in [2.05, 4.69) is 10.6 Å². The van der Waals surface area contributed by atoms with Gasteiger partial charge in [-0.25, -0.2) is 5.48 Å². The molecule has 8 heteroatoms. The highest BCUT2D eigenvalue weighted by atomic mass is 16.5. The van der Waals surface area contributed by atoms with Crippen LogP contribution in [0.25, 0.3) is 6.08 Å². The van der Waals surface area contributed by atoms with E-state index in [1.54, 1.807) is 35.8 Å². The summed E-state index contributed by atoms with van der Waals surface area (Å²) in [5.41, 5.74) is 10.2. The van der Waals surface area contributed by atoms with Crippen molar-refractivity contribution in [2.24, 2.45) is 0 Å². The molecule has 3 amide bonds. The van der Waals surface area contributed by atoms with Crippen LogP contribution >= 0.6 is 0 Å². The highest BCUT2D eigenvalue weighted by Crippen LogP contribution is 2.12. The number of carbonyl (C=O) groups excluding carboxylic acids is 3. The fourth-order valence-corrected chi connectivity index (χ4v) is 3.06. The summed E-state index contributed by atoms with van der Waals surface area (Å²) >= 11 is 0. The predicted molar refractivity (Wildman–Crippen MR) is 126 cm³/mol. The monoisotopic (exact) mass is 444 g/mol. The first-order valence-electron chi connectivity index (χ1n) is 10.2. The van der Waals surface area contributed by atoms with Crippen LogP contribution in [-0.4, -0.2) is 29.0 Å². The highest BCUT2D eigenvalue weighted by molar-refractivity contribution is 6.00. The summed E-state index contributed by atoms with van der Waals surface area (Å²) in [7, 11) is 0. The van der Waals surface area contributed by atoms with Crippen molar-refractivity contribution in [3.63, 3.8) is 0 Å². The standard InChI is InChI=1S/C25H24N4O4/c26-20-11-6-17(7-12-20)8-15-23(30)28-22(16-18-4-2-1-3-5-18)25(32)27-21-13-9-19(10-14-21)24(31)29-33/h1-15,22,33H,16,26H2,(H,27,32)(H,28,30)(H,29,31)/b15-8+/t22-/m0/s1. The lowest BCUT2D eigenvalue weighted by Gasteiger charge is -2.18.